The number of ether oxygens (including phenoxy) is 2. The van der Waals surface area contributed by atoms with E-state index in [4.69, 9.17) is 26.8 Å². The minimum Gasteiger partial charge on any atom is -0.494 e. The van der Waals surface area contributed by atoms with E-state index in [9.17, 15) is 0 Å². The molecule has 0 aliphatic heterocycles. The van der Waals surface area contributed by atoms with Crippen LogP contribution < -0.4 is 15.2 Å². The number of para-hydroxylation sites is 1. The van der Waals surface area contributed by atoms with Gasteiger partial charge in [0.15, 0.2) is 0 Å². The van der Waals surface area contributed by atoms with Gasteiger partial charge in [0.2, 0.25) is 0 Å². The fraction of sp³-hybridized carbons (Fsp3) is 0.250. The number of rotatable bonds is 6. The second-order valence-electron chi connectivity index (χ2n) is 4.35. The summed E-state index contributed by atoms with van der Waals surface area (Å²) in [6, 6.07) is 14.9. The molecular formula is C16H18ClNO2. The molecule has 0 fully saturated rings. The predicted molar refractivity (Wildman–Crippen MR) is 81.5 cm³/mol. The molecule has 20 heavy (non-hydrogen) atoms. The summed E-state index contributed by atoms with van der Waals surface area (Å²) in [6.07, 6.45) is 0. The van der Waals surface area contributed by atoms with Crippen molar-refractivity contribution in [3.05, 3.63) is 59.1 Å². The van der Waals surface area contributed by atoms with Gasteiger partial charge in [-0.1, -0.05) is 35.9 Å². The van der Waals surface area contributed by atoms with E-state index >= 15 is 0 Å². The molecule has 0 spiro atoms. The fourth-order valence-corrected chi connectivity index (χ4v) is 2.01. The molecular weight excluding hydrogens is 274 g/mol. The first kappa shape index (κ1) is 14.7. The number of hydrogen-bond acceptors (Lipinski definition) is 3. The van der Waals surface area contributed by atoms with Gasteiger partial charge in [-0.2, -0.15) is 0 Å². The Kier molecular flexibility index (Phi) is 5.27. The van der Waals surface area contributed by atoms with E-state index in [1.54, 1.807) is 6.07 Å². The molecule has 0 bridgehead atoms. The number of nitrogens with two attached hydrogens (primary N) is 1. The van der Waals surface area contributed by atoms with Crippen LogP contribution in [0.2, 0.25) is 5.02 Å². The molecule has 1 unspecified atom stereocenters. The lowest BCUT2D eigenvalue weighted by atomic mass is 10.1. The molecule has 2 aromatic carbocycles. The fourth-order valence-electron chi connectivity index (χ4n) is 1.82. The van der Waals surface area contributed by atoms with Gasteiger partial charge < -0.3 is 15.2 Å². The van der Waals surface area contributed by atoms with E-state index in [2.05, 4.69) is 0 Å². The summed E-state index contributed by atoms with van der Waals surface area (Å²) in [7, 11) is 0. The minimum absolute atomic E-state index is 0.207. The Hall–Kier alpha value is -1.71. The number of halogens is 1. The second kappa shape index (κ2) is 7.17. The van der Waals surface area contributed by atoms with Gasteiger partial charge in [0.05, 0.1) is 17.7 Å². The molecule has 2 aromatic rings. The quantitative estimate of drug-likeness (QED) is 0.880. The summed E-state index contributed by atoms with van der Waals surface area (Å²) in [4.78, 5) is 0. The van der Waals surface area contributed by atoms with Crippen molar-refractivity contribution in [2.24, 2.45) is 5.73 Å². The summed E-state index contributed by atoms with van der Waals surface area (Å²) in [6.45, 7) is 2.98. The third-order valence-corrected chi connectivity index (χ3v) is 3.19. The second-order valence-corrected chi connectivity index (χ2v) is 4.76. The van der Waals surface area contributed by atoms with Gasteiger partial charge in [0.1, 0.15) is 18.1 Å². The molecule has 0 aromatic heterocycles. The highest BCUT2D eigenvalue weighted by Gasteiger charge is 2.08. The largest absolute Gasteiger partial charge is 0.494 e. The van der Waals surface area contributed by atoms with Crippen LogP contribution in [0.4, 0.5) is 0 Å². The summed E-state index contributed by atoms with van der Waals surface area (Å²) in [5.41, 5.74) is 7.11. The molecule has 4 heteroatoms. The van der Waals surface area contributed by atoms with Crippen LogP contribution in [0.25, 0.3) is 0 Å². The summed E-state index contributed by atoms with van der Waals surface area (Å²) in [5.74, 6) is 1.49. The zero-order valence-corrected chi connectivity index (χ0v) is 12.1. The van der Waals surface area contributed by atoms with Gasteiger partial charge in [-0.25, -0.2) is 0 Å². The molecule has 0 saturated heterocycles. The van der Waals surface area contributed by atoms with Gasteiger partial charge >= 0.3 is 0 Å². The Morgan fingerprint density at radius 1 is 1.05 bits per heavy atom. The lowest BCUT2D eigenvalue weighted by Gasteiger charge is -2.15. The monoisotopic (exact) mass is 291 g/mol. The van der Waals surface area contributed by atoms with Crippen LogP contribution in [-0.4, -0.2) is 13.2 Å². The zero-order valence-electron chi connectivity index (χ0n) is 11.4. The third-order valence-electron chi connectivity index (χ3n) is 2.87. The maximum absolute atomic E-state index is 6.11. The van der Waals surface area contributed by atoms with Gasteiger partial charge in [0, 0.05) is 0 Å². The van der Waals surface area contributed by atoms with Gasteiger partial charge in [0.25, 0.3) is 0 Å². The predicted octanol–water partition coefficient (Wildman–Crippen LogP) is 3.82. The average Bonchev–Trinajstić information content (AvgIpc) is 2.47. The topological polar surface area (TPSA) is 44.5 Å². The van der Waals surface area contributed by atoms with Crippen LogP contribution in [0.1, 0.15) is 18.5 Å². The molecule has 0 amide bonds. The van der Waals surface area contributed by atoms with Crippen molar-refractivity contribution in [2.75, 3.05) is 13.2 Å². The van der Waals surface area contributed by atoms with E-state index in [0.717, 1.165) is 11.3 Å². The van der Waals surface area contributed by atoms with Crippen molar-refractivity contribution in [3.63, 3.8) is 0 Å². The molecule has 0 aliphatic rings. The standard InChI is InChI=1S/C16H18ClNO2/c1-2-19-13-9-7-12(8-10-13)15(18)11-20-16-6-4-3-5-14(16)17/h3-10,15H,2,11,18H2,1H3. The zero-order chi connectivity index (χ0) is 14.4. The molecule has 1 atom stereocenters. The van der Waals surface area contributed by atoms with Crippen molar-refractivity contribution in [3.8, 4) is 11.5 Å². The first-order chi connectivity index (χ1) is 9.70. The molecule has 0 heterocycles. The Labute approximate surface area is 124 Å². The van der Waals surface area contributed by atoms with E-state index in [1.807, 2.05) is 49.4 Å². The maximum Gasteiger partial charge on any atom is 0.137 e. The van der Waals surface area contributed by atoms with Crippen LogP contribution in [0.5, 0.6) is 11.5 Å². The van der Waals surface area contributed by atoms with Crippen molar-refractivity contribution < 1.29 is 9.47 Å². The first-order valence-corrected chi connectivity index (χ1v) is 6.94. The molecule has 0 aliphatic carbocycles. The SMILES string of the molecule is CCOc1ccc(C(N)COc2ccccc2Cl)cc1. The summed E-state index contributed by atoms with van der Waals surface area (Å²) < 4.78 is 11.0. The molecule has 2 rings (SSSR count). The van der Waals surface area contributed by atoms with E-state index in [1.165, 1.54) is 0 Å². The highest BCUT2D eigenvalue weighted by molar-refractivity contribution is 6.32. The van der Waals surface area contributed by atoms with Crippen molar-refractivity contribution in [1.29, 1.82) is 0 Å². The molecule has 106 valence electrons. The normalized spacial score (nSPS) is 11.9. The molecule has 3 nitrogen and oxygen atoms in total. The lowest BCUT2D eigenvalue weighted by molar-refractivity contribution is 0.290. The van der Waals surface area contributed by atoms with Crippen molar-refractivity contribution in [2.45, 2.75) is 13.0 Å². The van der Waals surface area contributed by atoms with Crippen molar-refractivity contribution in [1.82, 2.24) is 0 Å². The Morgan fingerprint density at radius 3 is 2.40 bits per heavy atom. The van der Waals surface area contributed by atoms with Crippen LogP contribution in [0.15, 0.2) is 48.5 Å². The first-order valence-electron chi connectivity index (χ1n) is 6.56. The van der Waals surface area contributed by atoms with E-state index in [-0.39, 0.29) is 6.04 Å². The van der Waals surface area contributed by atoms with Crippen LogP contribution in [0.3, 0.4) is 0 Å². The third kappa shape index (κ3) is 3.89. The highest BCUT2D eigenvalue weighted by Crippen LogP contribution is 2.24. The molecule has 0 saturated carbocycles. The molecule has 0 radical (unpaired) electrons. The Morgan fingerprint density at radius 2 is 1.75 bits per heavy atom. The van der Waals surface area contributed by atoms with Crippen LogP contribution >= 0.6 is 11.6 Å². The minimum atomic E-state index is -0.207. The van der Waals surface area contributed by atoms with Crippen LogP contribution in [0, 0.1) is 0 Å². The smallest absolute Gasteiger partial charge is 0.137 e. The maximum atomic E-state index is 6.11. The highest BCUT2D eigenvalue weighted by atomic mass is 35.5. The van der Waals surface area contributed by atoms with E-state index < -0.39 is 0 Å². The summed E-state index contributed by atoms with van der Waals surface area (Å²) >= 11 is 6.03. The average molecular weight is 292 g/mol. The van der Waals surface area contributed by atoms with Gasteiger partial charge in [-0.15, -0.1) is 0 Å². The number of hydrogen-bond donors (Lipinski definition) is 1. The Balaban J connectivity index is 1.94. The van der Waals surface area contributed by atoms with Gasteiger partial charge in [-0.05, 0) is 36.8 Å². The number of benzene rings is 2. The van der Waals surface area contributed by atoms with Gasteiger partial charge in [-0.3, -0.25) is 0 Å². The van der Waals surface area contributed by atoms with E-state index in [0.29, 0.717) is 24.0 Å². The summed E-state index contributed by atoms with van der Waals surface area (Å²) in [5, 5.41) is 0.589. The lowest BCUT2D eigenvalue weighted by Crippen LogP contribution is -2.19. The Bertz CT molecular complexity index is 542. The van der Waals surface area contributed by atoms with Crippen molar-refractivity contribution >= 4 is 11.6 Å². The molecule has 2 N–H and O–H groups in total. The van der Waals surface area contributed by atoms with Crippen LogP contribution in [-0.2, 0) is 0 Å².